The third-order valence-corrected chi connectivity index (χ3v) is 6.24. The van der Waals surface area contributed by atoms with E-state index in [1.165, 1.54) is 0 Å². The fourth-order valence-electron chi connectivity index (χ4n) is 3.17. The van der Waals surface area contributed by atoms with Crippen molar-refractivity contribution in [1.29, 1.82) is 0 Å². The van der Waals surface area contributed by atoms with Crippen molar-refractivity contribution in [1.82, 2.24) is 10.2 Å². The average molecular weight is 389 g/mol. The summed E-state index contributed by atoms with van der Waals surface area (Å²) in [4.78, 5) is 27.0. The second-order valence-electron chi connectivity index (χ2n) is 8.71. The molecular formula is C19H36N2O4S. The van der Waals surface area contributed by atoms with Gasteiger partial charge in [0.05, 0.1) is 6.61 Å². The first-order valence-corrected chi connectivity index (χ1v) is 10.6. The highest BCUT2D eigenvalue weighted by molar-refractivity contribution is 7.99. The van der Waals surface area contributed by atoms with Crippen LogP contribution in [-0.4, -0.2) is 64.9 Å². The van der Waals surface area contributed by atoms with Gasteiger partial charge in [-0.15, -0.1) is 0 Å². The Morgan fingerprint density at radius 2 is 1.92 bits per heavy atom. The number of thioether (sulfide) groups is 1. The predicted molar refractivity (Wildman–Crippen MR) is 106 cm³/mol. The van der Waals surface area contributed by atoms with E-state index in [-0.39, 0.29) is 35.8 Å². The van der Waals surface area contributed by atoms with Crippen LogP contribution in [0.15, 0.2) is 0 Å². The number of carbonyl (C=O) groups excluding carboxylic acids is 2. The number of rotatable bonds is 6. The zero-order valence-electron chi connectivity index (χ0n) is 17.3. The molecule has 0 aromatic carbocycles. The van der Waals surface area contributed by atoms with Crippen molar-refractivity contribution in [2.24, 2.45) is 11.3 Å². The molecule has 3 atom stereocenters. The van der Waals surface area contributed by atoms with E-state index in [0.29, 0.717) is 13.1 Å². The summed E-state index contributed by atoms with van der Waals surface area (Å²) in [7, 11) is 0. The van der Waals surface area contributed by atoms with E-state index in [2.05, 4.69) is 5.32 Å². The van der Waals surface area contributed by atoms with Gasteiger partial charge < -0.3 is 20.1 Å². The number of likely N-dealkylation sites (tertiary alicyclic amines) is 1. The normalized spacial score (nSPS) is 21.1. The van der Waals surface area contributed by atoms with Crippen molar-refractivity contribution < 1.29 is 19.4 Å². The Labute approximate surface area is 162 Å². The third kappa shape index (κ3) is 6.34. The molecule has 0 bridgehead atoms. The third-order valence-electron chi connectivity index (χ3n) is 5.08. The largest absolute Gasteiger partial charge is 0.444 e. The van der Waals surface area contributed by atoms with Crippen molar-refractivity contribution in [2.75, 3.05) is 26.0 Å². The highest BCUT2D eigenvalue weighted by Gasteiger charge is 2.41. The number of hydrogen-bond acceptors (Lipinski definition) is 5. The summed E-state index contributed by atoms with van der Waals surface area (Å²) in [5.41, 5.74) is -1.13. The molecule has 6 nitrogen and oxygen atoms in total. The molecule has 1 rings (SSSR count). The number of amides is 2. The summed E-state index contributed by atoms with van der Waals surface area (Å²) in [6.07, 6.45) is 3.38. The number of piperidine rings is 1. The first-order chi connectivity index (χ1) is 11.9. The van der Waals surface area contributed by atoms with E-state index >= 15 is 0 Å². The Hall–Kier alpha value is -0.950. The minimum absolute atomic E-state index is 0.0267. The lowest BCUT2D eigenvalue weighted by molar-refractivity contribution is -0.134. The Morgan fingerprint density at radius 1 is 1.31 bits per heavy atom. The van der Waals surface area contributed by atoms with Crippen molar-refractivity contribution in [2.45, 2.75) is 71.3 Å². The van der Waals surface area contributed by atoms with Gasteiger partial charge in [0.2, 0.25) is 5.91 Å². The van der Waals surface area contributed by atoms with Crippen molar-refractivity contribution >= 4 is 23.8 Å². The van der Waals surface area contributed by atoms with Gasteiger partial charge in [-0.3, -0.25) is 4.79 Å². The van der Waals surface area contributed by atoms with Crippen molar-refractivity contribution in [3.8, 4) is 0 Å². The molecule has 0 saturated carbocycles. The lowest BCUT2D eigenvalue weighted by Crippen LogP contribution is -2.53. The quantitative estimate of drug-likeness (QED) is 0.731. The average Bonchev–Trinajstić information content (AvgIpc) is 2.54. The molecule has 1 saturated heterocycles. The van der Waals surface area contributed by atoms with Crippen LogP contribution < -0.4 is 5.32 Å². The first kappa shape index (κ1) is 23.1. The van der Waals surface area contributed by atoms with E-state index in [4.69, 9.17) is 4.74 Å². The van der Waals surface area contributed by atoms with Crippen molar-refractivity contribution in [3.05, 3.63) is 0 Å². The van der Waals surface area contributed by atoms with Gasteiger partial charge in [0.15, 0.2) is 0 Å². The topological polar surface area (TPSA) is 78.9 Å². The molecule has 26 heavy (non-hydrogen) atoms. The number of aliphatic hydroxyl groups is 1. The minimum Gasteiger partial charge on any atom is -0.444 e. The van der Waals surface area contributed by atoms with Gasteiger partial charge in [-0.2, -0.15) is 11.8 Å². The van der Waals surface area contributed by atoms with E-state index in [1.54, 1.807) is 16.7 Å². The second kappa shape index (κ2) is 9.31. The molecule has 1 aliphatic rings. The van der Waals surface area contributed by atoms with Gasteiger partial charge in [-0.1, -0.05) is 13.8 Å². The molecule has 152 valence electrons. The van der Waals surface area contributed by atoms with Gasteiger partial charge >= 0.3 is 6.09 Å². The monoisotopic (exact) mass is 388 g/mol. The van der Waals surface area contributed by atoms with Crippen LogP contribution in [0.5, 0.6) is 0 Å². The summed E-state index contributed by atoms with van der Waals surface area (Å²) in [5.74, 6) is 0.0337. The van der Waals surface area contributed by atoms with Gasteiger partial charge in [0, 0.05) is 29.8 Å². The number of nitrogens with one attached hydrogen (secondary N) is 1. The number of nitrogens with zero attached hydrogens (tertiary/aromatic N) is 1. The summed E-state index contributed by atoms with van der Waals surface area (Å²) in [5, 5.41) is 12.4. The molecule has 1 fully saturated rings. The van der Waals surface area contributed by atoms with Crippen LogP contribution in [0.1, 0.15) is 54.4 Å². The summed E-state index contributed by atoms with van der Waals surface area (Å²) in [6.45, 7) is 12.6. The van der Waals surface area contributed by atoms with E-state index < -0.39 is 11.0 Å². The standard InChI is InChI=1S/C19H36N2O4S/c1-13(15(12-22)26-7)20-16(23)19(5,6)14-9-8-10-21(11-14)17(24)25-18(2,3)4/h13-15,22H,8-12H2,1-7H3,(H,20,23)/t13-,14+,15-/m1/s1. The van der Waals surface area contributed by atoms with Crippen molar-refractivity contribution in [3.63, 3.8) is 0 Å². The Balaban J connectivity index is 2.75. The zero-order valence-corrected chi connectivity index (χ0v) is 18.1. The van der Waals surface area contributed by atoms with Crippen LogP contribution in [0.4, 0.5) is 4.79 Å². The Morgan fingerprint density at radius 3 is 2.42 bits per heavy atom. The summed E-state index contributed by atoms with van der Waals surface area (Å²) < 4.78 is 5.48. The molecule has 0 unspecified atom stereocenters. The van der Waals surface area contributed by atoms with Crippen LogP contribution in [0.2, 0.25) is 0 Å². The smallest absolute Gasteiger partial charge is 0.410 e. The predicted octanol–water partition coefficient (Wildman–Crippen LogP) is 2.89. The summed E-state index contributed by atoms with van der Waals surface area (Å²) in [6, 6.07) is -0.118. The summed E-state index contributed by atoms with van der Waals surface area (Å²) >= 11 is 1.54. The second-order valence-corrected chi connectivity index (χ2v) is 9.78. The molecule has 0 spiro atoms. The number of ether oxygens (including phenoxy) is 1. The first-order valence-electron chi connectivity index (χ1n) is 9.35. The maximum Gasteiger partial charge on any atom is 0.410 e. The molecule has 7 heteroatoms. The number of aliphatic hydroxyl groups excluding tert-OH is 1. The van der Waals surface area contributed by atoms with Gasteiger partial charge in [-0.25, -0.2) is 4.79 Å². The molecule has 2 amide bonds. The number of hydrogen-bond donors (Lipinski definition) is 2. The molecule has 1 heterocycles. The fourth-order valence-corrected chi connectivity index (χ4v) is 3.79. The fraction of sp³-hybridized carbons (Fsp3) is 0.895. The lowest BCUT2D eigenvalue weighted by atomic mass is 9.73. The van der Waals surface area contributed by atoms with E-state index in [1.807, 2.05) is 47.8 Å². The van der Waals surface area contributed by atoms with Crippen LogP contribution in [-0.2, 0) is 9.53 Å². The Kier molecular flexibility index (Phi) is 8.27. The lowest BCUT2D eigenvalue weighted by Gasteiger charge is -2.41. The molecule has 0 aliphatic carbocycles. The van der Waals surface area contributed by atoms with Crippen LogP contribution in [0, 0.1) is 11.3 Å². The van der Waals surface area contributed by atoms with Crippen LogP contribution in [0.25, 0.3) is 0 Å². The highest BCUT2D eigenvalue weighted by Crippen LogP contribution is 2.35. The highest BCUT2D eigenvalue weighted by atomic mass is 32.2. The molecule has 0 aromatic rings. The molecular weight excluding hydrogens is 352 g/mol. The van der Waals surface area contributed by atoms with E-state index in [9.17, 15) is 14.7 Å². The van der Waals surface area contributed by atoms with E-state index in [0.717, 1.165) is 12.8 Å². The van der Waals surface area contributed by atoms with Gasteiger partial charge in [-0.05, 0) is 52.7 Å². The SMILES string of the molecule is CS[C@H](CO)[C@@H](C)NC(=O)C(C)(C)[C@H]1CCCN(C(=O)OC(C)(C)C)C1. The molecule has 0 radical (unpaired) electrons. The zero-order chi connectivity index (χ0) is 20.1. The maximum atomic E-state index is 12.9. The Bertz CT molecular complexity index is 486. The maximum absolute atomic E-state index is 12.9. The van der Waals surface area contributed by atoms with Gasteiger partial charge in [0.1, 0.15) is 5.60 Å². The van der Waals surface area contributed by atoms with Gasteiger partial charge in [0.25, 0.3) is 0 Å². The van der Waals surface area contributed by atoms with Crippen LogP contribution in [0.3, 0.4) is 0 Å². The number of carbonyl (C=O) groups is 2. The molecule has 0 aromatic heterocycles. The molecule has 1 aliphatic heterocycles. The minimum atomic E-state index is -0.604. The van der Waals surface area contributed by atoms with Crippen LogP contribution >= 0.6 is 11.8 Å². The molecule has 2 N–H and O–H groups in total.